The number of carboxylic acids is 1. The lowest BCUT2D eigenvalue weighted by molar-refractivity contribution is -0.141. The number of ether oxygens (including phenoxy) is 1. The number of sulfonamides is 1. The van der Waals surface area contributed by atoms with E-state index in [0.717, 1.165) is 0 Å². The normalized spacial score (nSPS) is 15.9. The molecule has 8 heteroatoms. The van der Waals surface area contributed by atoms with Crippen molar-refractivity contribution in [2.75, 3.05) is 19.5 Å². The molecule has 0 heterocycles. The van der Waals surface area contributed by atoms with E-state index in [1.165, 1.54) is 14.0 Å². The molecule has 0 rings (SSSR count). The molecule has 2 atom stereocenters. The van der Waals surface area contributed by atoms with Crippen LogP contribution in [0.2, 0.25) is 0 Å². The highest BCUT2D eigenvalue weighted by Gasteiger charge is 2.27. The largest absolute Gasteiger partial charge is 0.480 e. The number of aliphatic carboxylic acids is 1. The van der Waals surface area contributed by atoms with E-state index in [9.17, 15) is 13.2 Å². The van der Waals surface area contributed by atoms with E-state index in [-0.39, 0.29) is 12.4 Å². The third kappa shape index (κ3) is 5.67. The van der Waals surface area contributed by atoms with Gasteiger partial charge in [-0.2, -0.15) is 4.72 Å². The van der Waals surface area contributed by atoms with Crippen molar-refractivity contribution < 1.29 is 28.2 Å². The van der Waals surface area contributed by atoms with Gasteiger partial charge in [0.15, 0.2) is 0 Å². The molecule has 0 radical (unpaired) electrons. The minimum absolute atomic E-state index is 0.0402. The lowest BCUT2D eigenvalue weighted by Gasteiger charge is -2.16. The molecule has 7 nitrogen and oxygen atoms in total. The van der Waals surface area contributed by atoms with Crippen LogP contribution in [0.3, 0.4) is 0 Å². The van der Waals surface area contributed by atoms with E-state index in [1.54, 1.807) is 0 Å². The zero-order chi connectivity index (χ0) is 12.1. The molecule has 15 heavy (non-hydrogen) atoms. The Balaban J connectivity index is 4.46. The average molecular weight is 241 g/mol. The summed E-state index contributed by atoms with van der Waals surface area (Å²) in [6, 6.07) is -1.54. The van der Waals surface area contributed by atoms with Crippen LogP contribution < -0.4 is 4.72 Å². The molecule has 0 bridgehead atoms. The van der Waals surface area contributed by atoms with Crippen LogP contribution in [0.25, 0.3) is 0 Å². The number of methoxy groups -OCH3 is 1. The Morgan fingerprint density at radius 1 is 1.53 bits per heavy atom. The van der Waals surface area contributed by atoms with Crippen LogP contribution in [0.1, 0.15) is 6.92 Å². The molecule has 0 aliphatic heterocycles. The van der Waals surface area contributed by atoms with Crippen molar-refractivity contribution in [2.24, 2.45) is 0 Å². The van der Waals surface area contributed by atoms with Crippen molar-refractivity contribution in [3.05, 3.63) is 0 Å². The zero-order valence-corrected chi connectivity index (χ0v) is 9.32. The van der Waals surface area contributed by atoms with Gasteiger partial charge in [-0.3, -0.25) is 4.79 Å². The molecule has 0 saturated carbocycles. The van der Waals surface area contributed by atoms with Gasteiger partial charge in [-0.25, -0.2) is 8.42 Å². The Labute approximate surface area is 88.1 Å². The van der Waals surface area contributed by atoms with Crippen LogP contribution in [0.15, 0.2) is 0 Å². The van der Waals surface area contributed by atoms with Gasteiger partial charge in [0.1, 0.15) is 6.04 Å². The number of hydrogen-bond acceptors (Lipinski definition) is 5. The molecule has 0 fully saturated rings. The van der Waals surface area contributed by atoms with Crippen molar-refractivity contribution in [1.29, 1.82) is 0 Å². The lowest BCUT2D eigenvalue weighted by Crippen LogP contribution is -2.48. The first-order chi connectivity index (χ1) is 6.80. The third-order valence-electron chi connectivity index (χ3n) is 1.61. The van der Waals surface area contributed by atoms with E-state index in [1.807, 2.05) is 4.72 Å². The summed E-state index contributed by atoms with van der Waals surface area (Å²) in [5.74, 6) is -1.77. The van der Waals surface area contributed by atoms with Crippen LogP contribution in [0, 0.1) is 0 Å². The van der Waals surface area contributed by atoms with Gasteiger partial charge in [-0.1, -0.05) is 0 Å². The van der Waals surface area contributed by atoms with Gasteiger partial charge >= 0.3 is 5.97 Å². The number of carbonyl (C=O) groups is 1. The number of aliphatic hydroxyl groups is 1. The summed E-state index contributed by atoms with van der Waals surface area (Å²) in [4.78, 5) is 10.6. The molecule has 0 aromatic rings. The van der Waals surface area contributed by atoms with Gasteiger partial charge in [-0.05, 0) is 6.92 Å². The van der Waals surface area contributed by atoms with Crippen molar-refractivity contribution in [3.8, 4) is 0 Å². The monoisotopic (exact) mass is 241 g/mol. The molecular weight excluding hydrogens is 226 g/mol. The third-order valence-corrected chi connectivity index (χ3v) is 2.93. The fourth-order valence-corrected chi connectivity index (χ4v) is 1.99. The zero-order valence-electron chi connectivity index (χ0n) is 8.50. The van der Waals surface area contributed by atoms with E-state index in [2.05, 4.69) is 4.74 Å². The van der Waals surface area contributed by atoms with Crippen molar-refractivity contribution >= 4 is 16.0 Å². The Kier molecular flexibility index (Phi) is 5.73. The number of nitrogens with one attached hydrogen (secondary N) is 1. The molecule has 0 aromatic heterocycles. The predicted molar refractivity (Wildman–Crippen MR) is 51.9 cm³/mol. The predicted octanol–water partition coefficient (Wildman–Crippen LogP) is -1.61. The number of carboxylic acid groups (broad SMARTS) is 1. The maximum atomic E-state index is 11.2. The Morgan fingerprint density at radius 2 is 2.07 bits per heavy atom. The summed E-state index contributed by atoms with van der Waals surface area (Å²) in [7, 11) is -2.42. The highest BCUT2D eigenvalue weighted by atomic mass is 32.2. The van der Waals surface area contributed by atoms with Crippen molar-refractivity contribution in [2.45, 2.75) is 19.1 Å². The summed E-state index contributed by atoms with van der Waals surface area (Å²) in [6.07, 6.45) is -1.31. The Bertz CT molecular complexity index is 299. The SMILES string of the molecule is COCCS(=O)(=O)N[C@H](C(=O)O)[C@@H](C)O. The summed E-state index contributed by atoms with van der Waals surface area (Å²) in [6.45, 7) is 1.15. The quantitative estimate of drug-likeness (QED) is 0.494. The standard InChI is InChI=1S/C7H15NO6S/c1-5(9)6(7(10)11)8-15(12,13)4-3-14-2/h5-6,8-9H,3-4H2,1-2H3,(H,10,11)/t5-,6+/m1/s1. The minimum Gasteiger partial charge on any atom is -0.480 e. The first-order valence-electron chi connectivity index (χ1n) is 4.20. The van der Waals surface area contributed by atoms with E-state index >= 15 is 0 Å². The molecule has 0 aromatic carbocycles. The fraction of sp³-hybridized carbons (Fsp3) is 0.857. The van der Waals surface area contributed by atoms with E-state index in [0.29, 0.717) is 0 Å². The summed E-state index contributed by atoms with van der Waals surface area (Å²) in [5.41, 5.74) is 0. The van der Waals surface area contributed by atoms with Gasteiger partial charge in [-0.15, -0.1) is 0 Å². The van der Waals surface area contributed by atoms with Crippen LogP contribution in [0.4, 0.5) is 0 Å². The molecule has 90 valence electrons. The maximum absolute atomic E-state index is 11.2. The van der Waals surface area contributed by atoms with Crippen molar-refractivity contribution in [3.63, 3.8) is 0 Å². The second-order valence-corrected chi connectivity index (χ2v) is 4.86. The second-order valence-electron chi connectivity index (χ2n) is 2.99. The van der Waals surface area contributed by atoms with Crippen LogP contribution in [-0.4, -0.2) is 56.2 Å². The van der Waals surface area contributed by atoms with E-state index < -0.39 is 28.1 Å². The summed E-state index contributed by atoms with van der Waals surface area (Å²) < 4.78 is 28.9. The van der Waals surface area contributed by atoms with Crippen LogP contribution >= 0.6 is 0 Å². The van der Waals surface area contributed by atoms with Gasteiger partial charge in [0, 0.05) is 7.11 Å². The number of hydrogen-bond donors (Lipinski definition) is 3. The van der Waals surface area contributed by atoms with Gasteiger partial charge in [0.25, 0.3) is 0 Å². The van der Waals surface area contributed by atoms with Gasteiger partial charge < -0.3 is 14.9 Å². The Hall–Kier alpha value is -0.700. The molecule has 3 N–H and O–H groups in total. The van der Waals surface area contributed by atoms with Gasteiger partial charge in [0.05, 0.1) is 18.5 Å². The lowest BCUT2D eigenvalue weighted by atomic mass is 10.2. The minimum atomic E-state index is -3.75. The highest BCUT2D eigenvalue weighted by molar-refractivity contribution is 7.89. The molecule has 0 unspecified atom stereocenters. The van der Waals surface area contributed by atoms with E-state index in [4.69, 9.17) is 10.2 Å². The molecule has 0 aliphatic rings. The first kappa shape index (κ1) is 14.3. The molecule has 0 spiro atoms. The van der Waals surface area contributed by atoms with Crippen LogP contribution in [-0.2, 0) is 19.6 Å². The smallest absolute Gasteiger partial charge is 0.324 e. The van der Waals surface area contributed by atoms with Crippen molar-refractivity contribution in [1.82, 2.24) is 4.72 Å². The number of aliphatic hydroxyl groups excluding tert-OH is 1. The first-order valence-corrected chi connectivity index (χ1v) is 5.85. The molecule has 0 amide bonds. The fourth-order valence-electron chi connectivity index (χ4n) is 0.801. The molecular formula is C7H15NO6S. The molecule has 0 saturated heterocycles. The summed E-state index contributed by atoms with van der Waals surface area (Å²) in [5, 5.41) is 17.6. The number of rotatable bonds is 7. The topological polar surface area (TPSA) is 113 Å². The maximum Gasteiger partial charge on any atom is 0.324 e. The molecule has 0 aliphatic carbocycles. The summed E-state index contributed by atoms with van der Waals surface area (Å²) >= 11 is 0. The Morgan fingerprint density at radius 3 is 2.40 bits per heavy atom. The second kappa shape index (κ2) is 6.01. The highest BCUT2D eigenvalue weighted by Crippen LogP contribution is 1.97. The van der Waals surface area contributed by atoms with Gasteiger partial charge in [0.2, 0.25) is 10.0 Å². The average Bonchev–Trinajstić information content (AvgIpc) is 2.10. The van der Waals surface area contributed by atoms with Crippen LogP contribution in [0.5, 0.6) is 0 Å².